The summed E-state index contributed by atoms with van der Waals surface area (Å²) in [4.78, 5) is 11.7. The van der Waals surface area contributed by atoms with Crippen LogP contribution < -0.4 is 10.6 Å². The quantitative estimate of drug-likeness (QED) is 0.886. The van der Waals surface area contributed by atoms with Crippen LogP contribution in [-0.2, 0) is 4.74 Å². The van der Waals surface area contributed by atoms with E-state index in [1.165, 1.54) is 6.07 Å². The van der Waals surface area contributed by atoms with Crippen LogP contribution in [0.1, 0.15) is 30.7 Å². The number of urea groups is 1. The number of rotatable bonds is 4. The monoisotopic (exact) mass is 278 g/mol. The van der Waals surface area contributed by atoms with Gasteiger partial charge in [0.15, 0.2) is 0 Å². The van der Waals surface area contributed by atoms with Gasteiger partial charge in [-0.15, -0.1) is 0 Å². The molecule has 1 heterocycles. The molecule has 5 heteroatoms. The summed E-state index contributed by atoms with van der Waals surface area (Å²) in [5.41, 5.74) is 0.692. The number of amides is 2. The standard InChI is InChI=1S/C15H19FN2O2/c16-13-6-2-1-5-11(13)12-8-14(12)18-15(19)17-9-10-4-3-7-20-10/h1-2,5-6,10,12,14H,3-4,7-9H2,(H2,17,18,19)/t10-,12-,14+/m0/s1. The summed E-state index contributed by atoms with van der Waals surface area (Å²) >= 11 is 0. The molecule has 1 saturated carbocycles. The molecule has 0 spiro atoms. The molecule has 1 aromatic carbocycles. The number of ether oxygens (including phenoxy) is 1. The summed E-state index contributed by atoms with van der Waals surface area (Å²) in [5.74, 6) is -0.0914. The average Bonchev–Trinajstić information content (AvgIpc) is 2.99. The Morgan fingerprint density at radius 1 is 1.40 bits per heavy atom. The number of hydrogen-bond donors (Lipinski definition) is 2. The van der Waals surface area contributed by atoms with Crippen LogP contribution in [0.15, 0.2) is 24.3 Å². The van der Waals surface area contributed by atoms with Crippen molar-refractivity contribution in [2.45, 2.75) is 37.3 Å². The molecule has 2 N–H and O–H groups in total. The number of hydrogen-bond acceptors (Lipinski definition) is 2. The highest BCUT2D eigenvalue weighted by Crippen LogP contribution is 2.41. The maximum Gasteiger partial charge on any atom is 0.315 e. The lowest BCUT2D eigenvalue weighted by Crippen LogP contribution is -2.40. The van der Waals surface area contributed by atoms with E-state index < -0.39 is 0 Å². The zero-order valence-corrected chi connectivity index (χ0v) is 11.3. The summed E-state index contributed by atoms with van der Waals surface area (Å²) in [7, 11) is 0. The second-order valence-electron chi connectivity index (χ2n) is 5.46. The molecule has 0 unspecified atom stereocenters. The van der Waals surface area contributed by atoms with Crippen molar-refractivity contribution in [2.75, 3.05) is 13.2 Å². The number of benzene rings is 1. The first-order valence-corrected chi connectivity index (χ1v) is 7.14. The summed E-state index contributed by atoms with van der Waals surface area (Å²) in [5, 5.41) is 5.70. The molecule has 2 aliphatic rings. The Hall–Kier alpha value is -1.62. The van der Waals surface area contributed by atoms with Crippen LogP contribution >= 0.6 is 0 Å². The van der Waals surface area contributed by atoms with Gasteiger partial charge in [-0.2, -0.15) is 0 Å². The van der Waals surface area contributed by atoms with Crippen LogP contribution in [0, 0.1) is 5.82 Å². The molecule has 1 saturated heterocycles. The van der Waals surface area contributed by atoms with Crippen molar-refractivity contribution in [2.24, 2.45) is 0 Å². The van der Waals surface area contributed by atoms with Gasteiger partial charge in [0.2, 0.25) is 0 Å². The van der Waals surface area contributed by atoms with E-state index in [2.05, 4.69) is 10.6 Å². The molecule has 2 amide bonds. The minimum atomic E-state index is -0.193. The number of halogens is 1. The van der Waals surface area contributed by atoms with Gasteiger partial charge in [-0.25, -0.2) is 9.18 Å². The molecule has 1 aliphatic heterocycles. The van der Waals surface area contributed by atoms with Crippen molar-refractivity contribution in [1.82, 2.24) is 10.6 Å². The summed E-state index contributed by atoms with van der Waals surface area (Å²) in [6.45, 7) is 1.33. The van der Waals surface area contributed by atoms with E-state index in [-0.39, 0.29) is 29.9 Å². The van der Waals surface area contributed by atoms with Gasteiger partial charge in [0.25, 0.3) is 0 Å². The molecule has 4 nitrogen and oxygen atoms in total. The highest BCUT2D eigenvalue weighted by atomic mass is 19.1. The third kappa shape index (κ3) is 3.10. The molecular weight excluding hydrogens is 259 g/mol. The molecule has 20 heavy (non-hydrogen) atoms. The van der Waals surface area contributed by atoms with E-state index in [4.69, 9.17) is 4.74 Å². The predicted octanol–water partition coefficient (Wildman–Crippen LogP) is 2.16. The van der Waals surface area contributed by atoms with Crippen molar-refractivity contribution in [3.63, 3.8) is 0 Å². The van der Waals surface area contributed by atoms with E-state index in [1.54, 1.807) is 12.1 Å². The first-order chi connectivity index (χ1) is 9.74. The van der Waals surface area contributed by atoms with E-state index in [9.17, 15) is 9.18 Å². The minimum Gasteiger partial charge on any atom is -0.376 e. The Balaban J connectivity index is 1.43. The topological polar surface area (TPSA) is 50.4 Å². The van der Waals surface area contributed by atoms with E-state index in [0.717, 1.165) is 25.9 Å². The smallest absolute Gasteiger partial charge is 0.315 e. The molecular formula is C15H19FN2O2. The lowest BCUT2D eigenvalue weighted by molar-refractivity contribution is 0.111. The lowest BCUT2D eigenvalue weighted by atomic mass is 10.1. The van der Waals surface area contributed by atoms with Gasteiger partial charge in [0.1, 0.15) is 5.82 Å². The third-order valence-electron chi connectivity index (χ3n) is 3.93. The Morgan fingerprint density at radius 2 is 2.25 bits per heavy atom. The van der Waals surface area contributed by atoms with Crippen molar-refractivity contribution in [3.8, 4) is 0 Å². The maximum absolute atomic E-state index is 13.6. The molecule has 1 aliphatic carbocycles. The van der Waals surface area contributed by atoms with Crippen LogP contribution in [0.5, 0.6) is 0 Å². The number of nitrogens with one attached hydrogen (secondary N) is 2. The molecule has 0 radical (unpaired) electrons. The Morgan fingerprint density at radius 3 is 3.00 bits per heavy atom. The van der Waals surface area contributed by atoms with Gasteiger partial charge in [-0.3, -0.25) is 0 Å². The van der Waals surface area contributed by atoms with Gasteiger partial charge in [-0.05, 0) is 30.9 Å². The van der Waals surface area contributed by atoms with Crippen LogP contribution in [0.2, 0.25) is 0 Å². The minimum absolute atomic E-state index is 0.0383. The third-order valence-corrected chi connectivity index (χ3v) is 3.93. The Bertz CT molecular complexity index is 489. The van der Waals surface area contributed by atoms with Gasteiger partial charge < -0.3 is 15.4 Å². The maximum atomic E-state index is 13.6. The molecule has 3 rings (SSSR count). The first-order valence-electron chi connectivity index (χ1n) is 7.14. The fourth-order valence-electron chi connectivity index (χ4n) is 2.71. The van der Waals surface area contributed by atoms with Crippen LogP contribution in [0.4, 0.5) is 9.18 Å². The molecule has 0 bridgehead atoms. The average molecular weight is 278 g/mol. The predicted molar refractivity (Wildman–Crippen MR) is 73.1 cm³/mol. The normalized spacial score (nSPS) is 28.1. The zero-order chi connectivity index (χ0) is 13.9. The largest absolute Gasteiger partial charge is 0.376 e. The molecule has 108 valence electrons. The second kappa shape index (κ2) is 5.79. The van der Waals surface area contributed by atoms with Gasteiger partial charge >= 0.3 is 6.03 Å². The van der Waals surface area contributed by atoms with Crippen molar-refractivity contribution in [1.29, 1.82) is 0 Å². The van der Waals surface area contributed by atoms with Crippen LogP contribution in [0.3, 0.4) is 0 Å². The second-order valence-corrected chi connectivity index (χ2v) is 5.46. The Labute approximate surface area is 117 Å². The summed E-state index contributed by atoms with van der Waals surface area (Å²) in [6, 6.07) is 6.60. The fraction of sp³-hybridized carbons (Fsp3) is 0.533. The van der Waals surface area contributed by atoms with Crippen LogP contribution in [-0.4, -0.2) is 31.3 Å². The molecule has 1 aromatic rings. The van der Waals surface area contributed by atoms with Crippen molar-refractivity contribution >= 4 is 6.03 Å². The lowest BCUT2D eigenvalue weighted by Gasteiger charge is -2.11. The van der Waals surface area contributed by atoms with Crippen molar-refractivity contribution in [3.05, 3.63) is 35.6 Å². The Kier molecular flexibility index (Phi) is 3.87. The number of carbonyl (C=O) groups excluding carboxylic acids is 1. The van der Waals surface area contributed by atoms with E-state index >= 15 is 0 Å². The highest BCUT2D eigenvalue weighted by molar-refractivity contribution is 5.75. The van der Waals surface area contributed by atoms with E-state index in [1.807, 2.05) is 6.07 Å². The fourth-order valence-corrected chi connectivity index (χ4v) is 2.71. The first kappa shape index (κ1) is 13.4. The van der Waals surface area contributed by atoms with E-state index in [0.29, 0.717) is 12.1 Å². The van der Waals surface area contributed by atoms with Gasteiger partial charge in [-0.1, -0.05) is 18.2 Å². The molecule has 2 fully saturated rings. The zero-order valence-electron chi connectivity index (χ0n) is 11.3. The summed E-state index contributed by atoms with van der Waals surface area (Å²) in [6.07, 6.45) is 3.00. The van der Waals surface area contributed by atoms with Gasteiger partial charge in [0, 0.05) is 25.1 Å². The summed E-state index contributed by atoms with van der Waals surface area (Å²) < 4.78 is 19.0. The molecule has 0 aromatic heterocycles. The van der Waals surface area contributed by atoms with Crippen molar-refractivity contribution < 1.29 is 13.9 Å². The number of carbonyl (C=O) groups is 1. The highest BCUT2D eigenvalue weighted by Gasteiger charge is 2.40. The SMILES string of the molecule is O=C(NC[C@@H]1CCCO1)N[C@@H]1C[C@H]1c1ccccc1F. The molecule has 3 atom stereocenters. The van der Waals surface area contributed by atoms with Gasteiger partial charge in [0.05, 0.1) is 6.10 Å². The van der Waals surface area contributed by atoms with Crippen LogP contribution in [0.25, 0.3) is 0 Å².